The molecule has 0 unspecified atom stereocenters. The van der Waals surface area contributed by atoms with Crippen LogP contribution in [0, 0.1) is 0 Å². The van der Waals surface area contributed by atoms with Crippen molar-refractivity contribution in [2.45, 2.75) is 13.0 Å². The van der Waals surface area contributed by atoms with E-state index < -0.39 is 0 Å². The van der Waals surface area contributed by atoms with E-state index in [1.807, 2.05) is 23.7 Å². The highest BCUT2D eigenvalue weighted by Gasteiger charge is 2.02. The zero-order valence-corrected chi connectivity index (χ0v) is 9.83. The smallest absolute Gasteiger partial charge is 0.212 e. The second kappa shape index (κ2) is 5.05. The first-order valence-corrected chi connectivity index (χ1v) is 5.82. The minimum atomic E-state index is 0.497. The van der Waals surface area contributed by atoms with Crippen LogP contribution in [0.25, 0.3) is 0 Å². The van der Waals surface area contributed by atoms with Crippen molar-refractivity contribution in [1.29, 1.82) is 0 Å². The maximum absolute atomic E-state index is 5.51. The number of thiazole rings is 1. The molecule has 0 fully saturated rings. The summed E-state index contributed by atoms with van der Waals surface area (Å²) in [4.78, 5) is 8.55. The molecule has 0 spiro atoms. The molecule has 0 bridgehead atoms. The quantitative estimate of drug-likeness (QED) is 0.874. The molecule has 2 aromatic heterocycles. The standard InChI is InChI=1S/C11H13N3OS/c1-15-10-3-2-8(6-13-10)4-11-14-9(5-12)7-16-11/h2-3,6-7H,4-5,12H2,1H3. The zero-order chi connectivity index (χ0) is 11.4. The summed E-state index contributed by atoms with van der Waals surface area (Å²) >= 11 is 1.63. The van der Waals surface area contributed by atoms with E-state index >= 15 is 0 Å². The number of pyridine rings is 1. The van der Waals surface area contributed by atoms with Gasteiger partial charge in [0.15, 0.2) is 0 Å². The Labute approximate surface area is 98.1 Å². The number of nitrogens with two attached hydrogens (primary N) is 1. The third-order valence-corrected chi connectivity index (χ3v) is 3.07. The Bertz CT molecular complexity index is 453. The number of hydrogen-bond donors (Lipinski definition) is 1. The summed E-state index contributed by atoms with van der Waals surface area (Å²) < 4.78 is 5.00. The lowest BCUT2D eigenvalue weighted by Crippen LogP contribution is -1.97. The van der Waals surface area contributed by atoms with Gasteiger partial charge in [0.25, 0.3) is 0 Å². The monoisotopic (exact) mass is 235 g/mol. The number of rotatable bonds is 4. The predicted octanol–water partition coefficient (Wildman–Crippen LogP) is 1.60. The van der Waals surface area contributed by atoms with Crippen LogP contribution in [-0.4, -0.2) is 17.1 Å². The van der Waals surface area contributed by atoms with Gasteiger partial charge < -0.3 is 10.5 Å². The zero-order valence-electron chi connectivity index (χ0n) is 9.01. The number of hydrogen-bond acceptors (Lipinski definition) is 5. The number of methoxy groups -OCH3 is 1. The summed E-state index contributed by atoms with van der Waals surface area (Å²) in [5.41, 5.74) is 7.58. The molecule has 2 N–H and O–H groups in total. The van der Waals surface area contributed by atoms with Gasteiger partial charge in [-0.3, -0.25) is 0 Å². The molecular weight excluding hydrogens is 222 g/mol. The molecule has 0 aromatic carbocycles. The molecule has 0 amide bonds. The summed E-state index contributed by atoms with van der Waals surface area (Å²) in [7, 11) is 1.61. The van der Waals surface area contributed by atoms with Gasteiger partial charge in [0.1, 0.15) is 0 Å². The molecule has 2 aromatic rings. The molecule has 0 saturated heterocycles. The van der Waals surface area contributed by atoms with Crippen LogP contribution in [0.2, 0.25) is 0 Å². The van der Waals surface area contributed by atoms with E-state index in [1.165, 1.54) is 0 Å². The molecular formula is C11H13N3OS. The molecule has 0 aliphatic carbocycles. The van der Waals surface area contributed by atoms with Crippen molar-refractivity contribution in [3.63, 3.8) is 0 Å². The van der Waals surface area contributed by atoms with Crippen molar-refractivity contribution in [2.75, 3.05) is 7.11 Å². The summed E-state index contributed by atoms with van der Waals surface area (Å²) in [5, 5.41) is 3.05. The largest absolute Gasteiger partial charge is 0.481 e. The topological polar surface area (TPSA) is 61.0 Å². The summed E-state index contributed by atoms with van der Waals surface area (Å²) in [5.74, 6) is 0.630. The Morgan fingerprint density at radius 3 is 2.88 bits per heavy atom. The van der Waals surface area contributed by atoms with Gasteiger partial charge in [0, 0.05) is 30.6 Å². The van der Waals surface area contributed by atoms with E-state index in [4.69, 9.17) is 10.5 Å². The first-order chi connectivity index (χ1) is 7.81. The second-order valence-electron chi connectivity index (χ2n) is 3.32. The minimum Gasteiger partial charge on any atom is -0.481 e. The van der Waals surface area contributed by atoms with Gasteiger partial charge >= 0.3 is 0 Å². The van der Waals surface area contributed by atoms with Gasteiger partial charge in [-0.2, -0.15) is 0 Å². The van der Waals surface area contributed by atoms with E-state index in [-0.39, 0.29) is 0 Å². The van der Waals surface area contributed by atoms with E-state index in [9.17, 15) is 0 Å². The lowest BCUT2D eigenvalue weighted by atomic mass is 10.2. The normalized spacial score (nSPS) is 10.4. The van der Waals surface area contributed by atoms with Crippen LogP contribution in [0.4, 0.5) is 0 Å². The first-order valence-electron chi connectivity index (χ1n) is 4.94. The van der Waals surface area contributed by atoms with E-state index in [0.717, 1.165) is 22.7 Å². The SMILES string of the molecule is COc1ccc(Cc2nc(CN)cs2)cn1. The minimum absolute atomic E-state index is 0.497. The summed E-state index contributed by atoms with van der Waals surface area (Å²) in [6.45, 7) is 0.497. The van der Waals surface area contributed by atoms with E-state index in [2.05, 4.69) is 9.97 Å². The molecule has 16 heavy (non-hydrogen) atoms. The second-order valence-corrected chi connectivity index (χ2v) is 4.26. The average Bonchev–Trinajstić information content (AvgIpc) is 2.78. The Morgan fingerprint density at radius 1 is 1.44 bits per heavy atom. The molecule has 0 aliphatic rings. The molecule has 0 aliphatic heterocycles. The molecule has 4 nitrogen and oxygen atoms in total. The fraction of sp³-hybridized carbons (Fsp3) is 0.273. The van der Waals surface area contributed by atoms with Crippen molar-refractivity contribution in [2.24, 2.45) is 5.73 Å². The van der Waals surface area contributed by atoms with E-state index in [1.54, 1.807) is 18.4 Å². The van der Waals surface area contributed by atoms with Crippen LogP contribution in [0.5, 0.6) is 5.88 Å². The van der Waals surface area contributed by atoms with Crippen molar-refractivity contribution < 1.29 is 4.74 Å². The Hall–Kier alpha value is -1.46. The van der Waals surface area contributed by atoms with Crippen LogP contribution in [0.15, 0.2) is 23.7 Å². The van der Waals surface area contributed by atoms with Crippen molar-refractivity contribution in [1.82, 2.24) is 9.97 Å². The van der Waals surface area contributed by atoms with Gasteiger partial charge in [-0.05, 0) is 5.56 Å². The number of aromatic nitrogens is 2. The Kier molecular flexibility index (Phi) is 3.48. The van der Waals surface area contributed by atoms with Crippen LogP contribution >= 0.6 is 11.3 Å². The fourth-order valence-electron chi connectivity index (χ4n) is 1.33. The lowest BCUT2D eigenvalue weighted by Gasteiger charge is -2.00. The van der Waals surface area contributed by atoms with Crippen LogP contribution < -0.4 is 10.5 Å². The molecule has 84 valence electrons. The maximum atomic E-state index is 5.51. The van der Waals surface area contributed by atoms with Crippen molar-refractivity contribution >= 4 is 11.3 Å². The molecule has 0 saturated carbocycles. The Balaban J connectivity index is 2.08. The molecule has 5 heteroatoms. The molecule has 2 heterocycles. The van der Waals surface area contributed by atoms with Gasteiger partial charge in [-0.25, -0.2) is 9.97 Å². The average molecular weight is 235 g/mol. The summed E-state index contributed by atoms with van der Waals surface area (Å²) in [6.07, 6.45) is 2.60. The number of nitrogens with zero attached hydrogens (tertiary/aromatic N) is 2. The van der Waals surface area contributed by atoms with Gasteiger partial charge in [0.05, 0.1) is 17.8 Å². The van der Waals surface area contributed by atoms with Gasteiger partial charge in [-0.15, -0.1) is 11.3 Å². The van der Waals surface area contributed by atoms with Crippen LogP contribution in [0.1, 0.15) is 16.3 Å². The third kappa shape index (κ3) is 2.56. The summed E-state index contributed by atoms with van der Waals surface area (Å²) in [6, 6.07) is 3.85. The predicted molar refractivity (Wildman–Crippen MR) is 63.6 cm³/mol. The van der Waals surface area contributed by atoms with Crippen molar-refractivity contribution in [3.8, 4) is 5.88 Å². The van der Waals surface area contributed by atoms with Gasteiger partial charge in [-0.1, -0.05) is 6.07 Å². The first kappa shape index (κ1) is 11.0. The maximum Gasteiger partial charge on any atom is 0.212 e. The van der Waals surface area contributed by atoms with Gasteiger partial charge in [0.2, 0.25) is 5.88 Å². The van der Waals surface area contributed by atoms with Crippen LogP contribution in [-0.2, 0) is 13.0 Å². The number of ether oxygens (including phenoxy) is 1. The highest BCUT2D eigenvalue weighted by Crippen LogP contribution is 2.15. The lowest BCUT2D eigenvalue weighted by molar-refractivity contribution is 0.397. The van der Waals surface area contributed by atoms with Crippen molar-refractivity contribution in [3.05, 3.63) is 40.0 Å². The molecule has 0 atom stereocenters. The highest BCUT2D eigenvalue weighted by atomic mass is 32.1. The highest BCUT2D eigenvalue weighted by molar-refractivity contribution is 7.09. The van der Waals surface area contributed by atoms with Crippen LogP contribution in [0.3, 0.4) is 0 Å². The molecule has 0 radical (unpaired) electrons. The Morgan fingerprint density at radius 2 is 2.31 bits per heavy atom. The van der Waals surface area contributed by atoms with E-state index in [0.29, 0.717) is 12.4 Å². The fourth-order valence-corrected chi connectivity index (χ4v) is 2.18. The third-order valence-electron chi connectivity index (χ3n) is 2.17. The molecule has 2 rings (SSSR count).